The predicted octanol–water partition coefficient (Wildman–Crippen LogP) is 2.99. The van der Waals surface area contributed by atoms with E-state index in [-0.39, 0.29) is 17.0 Å². The molecule has 4 aliphatic rings. The number of rotatable bonds is 4. The van der Waals surface area contributed by atoms with Gasteiger partial charge in [0.15, 0.2) is 0 Å². The summed E-state index contributed by atoms with van der Waals surface area (Å²) in [5.41, 5.74) is 1.66. The molecule has 146 valence electrons. The zero-order valence-corrected chi connectivity index (χ0v) is 16.1. The maximum absolute atomic E-state index is 13.2. The zero-order chi connectivity index (χ0) is 19.1. The van der Waals surface area contributed by atoms with Crippen molar-refractivity contribution in [1.29, 1.82) is 0 Å². The van der Waals surface area contributed by atoms with E-state index in [4.69, 9.17) is 0 Å². The SMILES string of the molecule is O=C(c1ccc(-c2ccccc2)[nH]c1=O)N1C[C@@H]2CC[C@H](C1)N(CC1CC1)C2. The molecule has 1 aromatic heterocycles. The molecule has 2 atom stereocenters. The van der Waals surface area contributed by atoms with E-state index < -0.39 is 0 Å². The van der Waals surface area contributed by atoms with Crippen molar-refractivity contribution in [2.45, 2.75) is 31.7 Å². The zero-order valence-electron chi connectivity index (χ0n) is 16.1. The molecule has 4 fully saturated rings. The van der Waals surface area contributed by atoms with Crippen LogP contribution < -0.4 is 5.56 Å². The Bertz CT molecular complexity index is 919. The summed E-state index contributed by atoms with van der Waals surface area (Å²) in [5, 5.41) is 0. The van der Waals surface area contributed by atoms with Gasteiger partial charge in [-0.25, -0.2) is 0 Å². The third kappa shape index (κ3) is 3.51. The minimum atomic E-state index is -0.294. The van der Waals surface area contributed by atoms with Crippen LogP contribution in [0.15, 0.2) is 47.3 Å². The Balaban J connectivity index is 1.35. The summed E-state index contributed by atoms with van der Waals surface area (Å²) in [6, 6.07) is 13.7. The first kappa shape index (κ1) is 17.7. The van der Waals surface area contributed by atoms with Gasteiger partial charge in [0.2, 0.25) is 0 Å². The van der Waals surface area contributed by atoms with Gasteiger partial charge in [-0.3, -0.25) is 14.5 Å². The highest BCUT2D eigenvalue weighted by molar-refractivity contribution is 5.94. The lowest BCUT2D eigenvalue weighted by atomic mass is 9.95. The summed E-state index contributed by atoms with van der Waals surface area (Å²) < 4.78 is 0. The molecular formula is C23H27N3O2. The van der Waals surface area contributed by atoms with Crippen molar-refractivity contribution in [2.75, 3.05) is 26.2 Å². The maximum Gasteiger partial charge on any atom is 0.261 e. The molecule has 0 unspecified atom stereocenters. The number of H-pyrrole nitrogens is 1. The highest BCUT2D eigenvalue weighted by atomic mass is 16.2. The molecule has 3 saturated heterocycles. The molecule has 5 heteroatoms. The average molecular weight is 377 g/mol. The average Bonchev–Trinajstić information content (AvgIpc) is 3.56. The summed E-state index contributed by atoms with van der Waals surface area (Å²) in [6.07, 6.45) is 5.09. The number of nitrogens with one attached hydrogen (secondary N) is 1. The van der Waals surface area contributed by atoms with Crippen molar-refractivity contribution in [3.63, 3.8) is 0 Å². The topological polar surface area (TPSA) is 56.4 Å². The highest BCUT2D eigenvalue weighted by Gasteiger charge is 2.39. The number of pyridine rings is 1. The van der Waals surface area contributed by atoms with Gasteiger partial charge in [0, 0.05) is 37.9 Å². The molecule has 1 aromatic carbocycles. The van der Waals surface area contributed by atoms with Crippen molar-refractivity contribution in [3.05, 3.63) is 58.4 Å². The molecule has 3 aliphatic heterocycles. The Labute approximate surface area is 165 Å². The Morgan fingerprint density at radius 2 is 1.79 bits per heavy atom. The van der Waals surface area contributed by atoms with E-state index in [1.807, 2.05) is 41.3 Å². The van der Waals surface area contributed by atoms with Crippen molar-refractivity contribution < 1.29 is 4.79 Å². The number of aromatic amines is 1. The summed E-state index contributed by atoms with van der Waals surface area (Å²) in [7, 11) is 0. The fraction of sp³-hybridized carbons (Fsp3) is 0.478. The molecule has 1 amide bonds. The second-order valence-corrected chi connectivity index (χ2v) is 8.69. The van der Waals surface area contributed by atoms with Gasteiger partial charge in [-0.15, -0.1) is 0 Å². The molecule has 4 heterocycles. The van der Waals surface area contributed by atoms with Gasteiger partial charge >= 0.3 is 0 Å². The lowest BCUT2D eigenvalue weighted by Gasteiger charge is -2.36. The Kier molecular flexibility index (Phi) is 4.55. The van der Waals surface area contributed by atoms with E-state index in [2.05, 4.69) is 9.88 Å². The second kappa shape index (κ2) is 7.21. The Morgan fingerprint density at radius 3 is 2.54 bits per heavy atom. The molecule has 2 bridgehead atoms. The molecule has 28 heavy (non-hydrogen) atoms. The van der Waals surface area contributed by atoms with Gasteiger partial charge in [-0.1, -0.05) is 30.3 Å². The number of carbonyl (C=O) groups excluding carboxylic acids is 1. The number of fused-ring (bicyclic) bond motifs is 4. The summed E-state index contributed by atoms with van der Waals surface area (Å²) in [4.78, 5) is 33.3. The lowest BCUT2D eigenvalue weighted by Crippen LogP contribution is -2.45. The van der Waals surface area contributed by atoms with Crippen LogP contribution in [0.25, 0.3) is 11.3 Å². The monoisotopic (exact) mass is 377 g/mol. The largest absolute Gasteiger partial charge is 0.337 e. The minimum Gasteiger partial charge on any atom is -0.337 e. The van der Waals surface area contributed by atoms with Crippen molar-refractivity contribution in [2.24, 2.45) is 11.8 Å². The number of hydrogen-bond donors (Lipinski definition) is 1. The maximum atomic E-state index is 13.2. The first-order valence-corrected chi connectivity index (χ1v) is 10.5. The van der Waals surface area contributed by atoms with Gasteiger partial charge in [0.25, 0.3) is 11.5 Å². The molecular weight excluding hydrogens is 350 g/mol. The number of hydrogen-bond acceptors (Lipinski definition) is 3. The second-order valence-electron chi connectivity index (χ2n) is 8.69. The quantitative estimate of drug-likeness (QED) is 0.891. The van der Waals surface area contributed by atoms with E-state index in [9.17, 15) is 9.59 Å². The number of amides is 1. The van der Waals surface area contributed by atoms with E-state index >= 15 is 0 Å². The summed E-state index contributed by atoms with van der Waals surface area (Å²) in [6.45, 7) is 3.82. The molecule has 1 N–H and O–H groups in total. The van der Waals surface area contributed by atoms with Gasteiger partial charge in [-0.2, -0.15) is 0 Å². The van der Waals surface area contributed by atoms with Crippen LogP contribution in [-0.2, 0) is 0 Å². The van der Waals surface area contributed by atoms with Crippen LogP contribution in [0.3, 0.4) is 0 Å². The molecule has 5 nitrogen and oxygen atoms in total. The van der Waals surface area contributed by atoms with Crippen molar-refractivity contribution in [1.82, 2.24) is 14.8 Å². The summed E-state index contributed by atoms with van der Waals surface area (Å²) in [5.74, 6) is 1.28. The van der Waals surface area contributed by atoms with Crippen LogP contribution in [-0.4, -0.2) is 52.9 Å². The molecule has 1 saturated carbocycles. The van der Waals surface area contributed by atoms with E-state index in [0.717, 1.165) is 36.8 Å². The van der Waals surface area contributed by atoms with Crippen molar-refractivity contribution in [3.8, 4) is 11.3 Å². The molecule has 6 rings (SSSR count). The van der Waals surface area contributed by atoms with Crippen LogP contribution in [0, 0.1) is 11.8 Å². The normalized spacial score (nSPS) is 24.9. The number of carbonyl (C=O) groups is 1. The van der Waals surface area contributed by atoms with E-state index in [1.54, 1.807) is 6.07 Å². The number of nitrogens with zero attached hydrogens (tertiary/aromatic N) is 2. The van der Waals surface area contributed by atoms with Gasteiger partial charge < -0.3 is 9.88 Å². The van der Waals surface area contributed by atoms with Crippen LogP contribution in [0.1, 0.15) is 36.0 Å². The fourth-order valence-electron chi connectivity index (χ4n) is 4.80. The van der Waals surface area contributed by atoms with Gasteiger partial charge in [-0.05, 0) is 55.2 Å². The van der Waals surface area contributed by atoms with Gasteiger partial charge in [0.1, 0.15) is 5.56 Å². The number of piperidine rings is 1. The van der Waals surface area contributed by atoms with Crippen LogP contribution in [0.2, 0.25) is 0 Å². The Hall–Kier alpha value is -2.40. The van der Waals surface area contributed by atoms with E-state index in [0.29, 0.717) is 12.0 Å². The predicted molar refractivity (Wildman–Crippen MR) is 109 cm³/mol. The number of aromatic nitrogens is 1. The summed E-state index contributed by atoms with van der Waals surface area (Å²) >= 11 is 0. The molecule has 2 aromatic rings. The van der Waals surface area contributed by atoms with Crippen LogP contribution in [0.4, 0.5) is 0 Å². The highest BCUT2D eigenvalue weighted by Crippen LogP contribution is 2.35. The molecule has 1 aliphatic carbocycles. The molecule has 0 spiro atoms. The third-order valence-corrected chi connectivity index (χ3v) is 6.53. The Morgan fingerprint density at radius 1 is 0.964 bits per heavy atom. The smallest absolute Gasteiger partial charge is 0.261 e. The molecule has 0 radical (unpaired) electrons. The first-order chi connectivity index (χ1) is 13.7. The van der Waals surface area contributed by atoms with Crippen LogP contribution in [0.5, 0.6) is 0 Å². The fourth-order valence-corrected chi connectivity index (χ4v) is 4.80. The minimum absolute atomic E-state index is 0.119. The standard InChI is InChI=1S/C23H27N3O2/c27-22-20(10-11-21(24-22)18-4-2-1-3-5-18)23(28)26-14-17-8-9-19(15-26)25(13-17)12-16-6-7-16/h1-5,10-11,16-17,19H,6-9,12-15H2,(H,24,27)/t17-,19-/m1/s1. The van der Waals surface area contributed by atoms with Crippen LogP contribution >= 0.6 is 0 Å². The number of benzene rings is 1. The van der Waals surface area contributed by atoms with Crippen molar-refractivity contribution >= 4 is 5.91 Å². The van der Waals surface area contributed by atoms with Gasteiger partial charge in [0.05, 0.1) is 0 Å². The first-order valence-electron chi connectivity index (χ1n) is 10.5. The third-order valence-electron chi connectivity index (χ3n) is 6.53. The van der Waals surface area contributed by atoms with E-state index in [1.165, 1.54) is 32.2 Å². The lowest BCUT2D eigenvalue weighted by molar-refractivity contribution is 0.0735.